The fraction of sp³-hybridized carbons (Fsp3) is 0.185. The maximum Gasteiger partial charge on any atom is 0.0272 e. The molecule has 4 fully saturated rings. The van der Waals surface area contributed by atoms with E-state index in [1.165, 1.54) is 109 Å². The van der Waals surface area contributed by atoms with Crippen LogP contribution in [0.25, 0.3) is 77.2 Å². The molecule has 8 aromatic rings. The molecule has 5 aliphatic rings. The van der Waals surface area contributed by atoms with Gasteiger partial charge >= 0.3 is 0 Å². The second kappa shape index (κ2) is 11.6. The molecule has 0 aliphatic heterocycles. The molecular weight excluding hydrogens is 649 g/mol. The maximum absolute atomic E-state index is 2.62. The molecule has 0 heterocycles. The van der Waals surface area contributed by atoms with Crippen LogP contribution >= 0.6 is 0 Å². The molecule has 0 amide bonds. The highest BCUT2D eigenvalue weighted by atomic mass is 14.6. The van der Waals surface area contributed by atoms with Gasteiger partial charge in [0.05, 0.1) is 0 Å². The van der Waals surface area contributed by atoms with Crippen LogP contribution in [-0.2, 0) is 5.41 Å². The van der Waals surface area contributed by atoms with E-state index in [-0.39, 0.29) is 5.41 Å². The average Bonchev–Trinajstić information content (AvgIpc) is 3.52. The summed E-state index contributed by atoms with van der Waals surface area (Å²) in [6.45, 7) is 0. The van der Waals surface area contributed by atoms with Crippen LogP contribution in [0.2, 0.25) is 0 Å². The third-order valence-corrected chi connectivity index (χ3v) is 14.3. The van der Waals surface area contributed by atoms with Gasteiger partial charge < -0.3 is 0 Å². The van der Waals surface area contributed by atoms with E-state index in [2.05, 4.69) is 170 Å². The molecule has 5 aliphatic carbocycles. The number of fused-ring (bicyclic) bond motifs is 5. The zero-order valence-corrected chi connectivity index (χ0v) is 30.5. The van der Waals surface area contributed by atoms with Gasteiger partial charge in [0.15, 0.2) is 0 Å². The van der Waals surface area contributed by atoms with Gasteiger partial charge in [0.25, 0.3) is 0 Å². The van der Waals surface area contributed by atoms with E-state index in [9.17, 15) is 0 Å². The molecule has 0 nitrogen and oxygen atoms in total. The molecule has 54 heavy (non-hydrogen) atoms. The number of rotatable bonds is 4. The van der Waals surface area contributed by atoms with Gasteiger partial charge in [-0.25, -0.2) is 0 Å². The largest absolute Gasteiger partial charge is 0.0622 e. The van der Waals surface area contributed by atoms with E-state index < -0.39 is 0 Å². The van der Waals surface area contributed by atoms with Crippen molar-refractivity contribution in [1.29, 1.82) is 0 Å². The van der Waals surface area contributed by atoms with Crippen LogP contribution in [0.4, 0.5) is 0 Å². The molecule has 8 aromatic carbocycles. The van der Waals surface area contributed by atoms with E-state index in [0.29, 0.717) is 0 Å². The van der Waals surface area contributed by atoms with Gasteiger partial charge in [0.1, 0.15) is 0 Å². The summed E-state index contributed by atoms with van der Waals surface area (Å²) in [4.78, 5) is 0. The first kappa shape index (κ1) is 30.7. The zero-order valence-electron chi connectivity index (χ0n) is 30.5. The number of benzene rings is 8. The molecule has 0 unspecified atom stereocenters. The van der Waals surface area contributed by atoms with Gasteiger partial charge in [0.2, 0.25) is 0 Å². The Kier molecular flexibility index (Phi) is 6.62. The quantitative estimate of drug-likeness (QED) is 0.161. The van der Waals surface area contributed by atoms with Gasteiger partial charge in [-0.3, -0.25) is 0 Å². The second-order valence-electron chi connectivity index (χ2n) is 16.8. The molecule has 0 saturated heterocycles. The van der Waals surface area contributed by atoms with Crippen LogP contribution < -0.4 is 0 Å². The van der Waals surface area contributed by atoms with Crippen molar-refractivity contribution in [3.8, 4) is 55.6 Å². The Hall–Kier alpha value is -5.72. The third kappa shape index (κ3) is 4.26. The van der Waals surface area contributed by atoms with Gasteiger partial charge in [-0.2, -0.15) is 0 Å². The number of hydrogen-bond donors (Lipinski definition) is 0. The molecule has 4 saturated carbocycles. The highest BCUT2D eigenvalue weighted by Gasteiger charge is 2.61. The average molecular weight is 691 g/mol. The van der Waals surface area contributed by atoms with Crippen LogP contribution in [0.1, 0.15) is 43.2 Å². The van der Waals surface area contributed by atoms with Gasteiger partial charge in [0, 0.05) is 5.41 Å². The Morgan fingerprint density at radius 2 is 0.796 bits per heavy atom. The lowest BCUT2D eigenvalue weighted by Gasteiger charge is -2.61. The molecule has 0 aromatic heterocycles. The Bertz CT molecular complexity index is 2680. The van der Waals surface area contributed by atoms with Crippen molar-refractivity contribution in [1.82, 2.24) is 0 Å². The van der Waals surface area contributed by atoms with E-state index in [1.54, 1.807) is 11.1 Å². The summed E-state index contributed by atoms with van der Waals surface area (Å²) in [7, 11) is 0. The van der Waals surface area contributed by atoms with Crippen LogP contribution in [0.15, 0.2) is 170 Å². The highest BCUT2D eigenvalue weighted by Crippen LogP contribution is 2.69. The van der Waals surface area contributed by atoms with Crippen molar-refractivity contribution in [3.63, 3.8) is 0 Å². The van der Waals surface area contributed by atoms with Gasteiger partial charge in [-0.1, -0.05) is 164 Å². The molecule has 0 heteroatoms. The van der Waals surface area contributed by atoms with E-state index in [0.717, 1.165) is 23.7 Å². The summed E-state index contributed by atoms with van der Waals surface area (Å²) in [5.41, 5.74) is 16.7. The van der Waals surface area contributed by atoms with E-state index >= 15 is 0 Å². The molecule has 0 atom stereocenters. The van der Waals surface area contributed by atoms with Gasteiger partial charge in [-0.05, 0) is 150 Å². The summed E-state index contributed by atoms with van der Waals surface area (Å²) >= 11 is 0. The standard InChI is InChI=1S/C54H42/c1-2-12-37(13-3-1)42-14-4-5-16-45(42)53-48-19-8-6-17-46(48)52(47-18-7-9-20-49(47)53)38-24-22-36(23-25-38)39-26-27-44-43-15-10-11-21-50(43)54(51(44)33-39)40-29-34-28-35(31-40)32-41(54)30-34/h1-27,33-35,40-41H,28-32H2. The molecular formula is C54H42. The Morgan fingerprint density at radius 1 is 0.315 bits per heavy atom. The van der Waals surface area contributed by atoms with Crippen molar-refractivity contribution in [3.05, 3.63) is 181 Å². The monoisotopic (exact) mass is 690 g/mol. The fourth-order valence-corrected chi connectivity index (χ4v) is 12.5. The normalized spacial score (nSPS) is 23.3. The molecule has 4 bridgehead atoms. The Balaban J connectivity index is 0.998. The SMILES string of the molecule is c1ccc(-c2ccccc2-c2c3ccccc3c(-c3ccc(-c4ccc5c(c4)C4(c6ccccc6-5)C5CC6CC(C5)CC4C6)cc3)c3ccccc23)cc1. The van der Waals surface area contributed by atoms with Crippen LogP contribution in [0, 0.1) is 23.7 Å². The van der Waals surface area contributed by atoms with Crippen molar-refractivity contribution in [2.75, 3.05) is 0 Å². The Labute approximate surface area is 318 Å². The van der Waals surface area contributed by atoms with Crippen LogP contribution in [0.3, 0.4) is 0 Å². The van der Waals surface area contributed by atoms with Gasteiger partial charge in [-0.15, -0.1) is 0 Å². The Morgan fingerprint density at radius 3 is 1.44 bits per heavy atom. The first-order valence-electron chi connectivity index (χ1n) is 20.2. The predicted octanol–water partition coefficient (Wildman–Crippen LogP) is 14.4. The minimum Gasteiger partial charge on any atom is -0.0622 e. The summed E-state index contributed by atoms with van der Waals surface area (Å²) in [5, 5.41) is 5.16. The van der Waals surface area contributed by atoms with Crippen molar-refractivity contribution in [2.24, 2.45) is 23.7 Å². The molecule has 258 valence electrons. The number of hydrogen-bond acceptors (Lipinski definition) is 0. The molecule has 0 N–H and O–H groups in total. The maximum atomic E-state index is 2.62. The lowest BCUT2D eigenvalue weighted by Crippen LogP contribution is -2.55. The summed E-state index contributed by atoms with van der Waals surface area (Å²) < 4.78 is 0. The molecule has 13 rings (SSSR count). The summed E-state index contributed by atoms with van der Waals surface area (Å²) in [6.07, 6.45) is 7.14. The van der Waals surface area contributed by atoms with Crippen molar-refractivity contribution < 1.29 is 0 Å². The topological polar surface area (TPSA) is 0 Å². The van der Waals surface area contributed by atoms with Crippen LogP contribution in [0.5, 0.6) is 0 Å². The van der Waals surface area contributed by atoms with Crippen molar-refractivity contribution >= 4 is 21.5 Å². The van der Waals surface area contributed by atoms with Crippen molar-refractivity contribution in [2.45, 2.75) is 37.5 Å². The smallest absolute Gasteiger partial charge is 0.0272 e. The highest BCUT2D eigenvalue weighted by molar-refractivity contribution is 6.22. The first-order chi connectivity index (χ1) is 26.8. The minimum absolute atomic E-state index is 0.188. The lowest BCUT2D eigenvalue weighted by molar-refractivity contribution is -0.0399. The summed E-state index contributed by atoms with van der Waals surface area (Å²) in [6, 6.07) is 64.2. The first-order valence-corrected chi connectivity index (χ1v) is 20.2. The molecule has 1 spiro atoms. The lowest BCUT2D eigenvalue weighted by atomic mass is 9.43. The van der Waals surface area contributed by atoms with E-state index in [1.807, 2.05) is 0 Å². The second-order valence-corrected chi connectivity index (χ2v) is 16.8. The van der Waals surface area contributed by atoms with Crippen LogP contribution in [-0.4, -0.2) is 0 Å². The zero-order chi connectivity index (χ0) is 35.4. The summed E-state index contributed by atoms with van der Waals surface area (Å²) in [5.74, 6) is 3.45. The predicted molar refractivity (Wildman–Crippen MR) is 226 cm³/mol. The molecule has 0 radical (unpaired) electrons. The third-order valence-electron chi connectivity index (χ3n) is 14.3. The minimum atomic E-state index is 0.188. The fourth-order valence-electron chi connectivity index (χ4n) is 12.5. The van der Waals surface area contributed by atoms with E-state index in [4.69, 9.17) is 0 Å².